The van der Waals surface area contributed by atoms with Gasteiger partial charge in [-0.3, -0.25) is 4.79 Å². The van der Waals surface area contributed by atoms with E-state index in [4.69, 9.17) is 0 Å². The summed E-state index contributed by atoms with van der Waals surface area (Å²) in [6.07, 6.45) is 3.79. The number of carbonyl (C=O) groups is 1. The van der Waals surface area contributed by atoms with E-state index in [1.54, 1.807) is 31.2 Å². The Hall–Kier alpha value is -2.34. The van der Waals surface area contributed by atoms with Gasteiger partial charge in [-0.1, -0.05) is 31.2 Å². The molecular formula is C22H26N2O3S. The van der Waals surface area contributed by atoms with Gasteiger partial charge in [0.2, 0.25) is 5.91 Å². The normalized spacial score (nSPS) is 19.1. The summed E-state index contributed by atoms with van der Waals surface area (Å²) in [5.74, 6) is 0.136. The van der Waals surface area contributed by atoms with Gasteiger partial charge in [-0.25, -0.2) is 8.42 Å². The fourth-order valence-electron chi connectivity index (χ4n) is 4.24. The van der Waals surface area contributed by atoms with E-state index in [1.807, 2.05) is 23.1 Å². The number of para-hydroxylation sites is 2. The van der Waals surface area contributed by atoms with E-state index in [1.165, 1.54) is 12.8 Å². The lowest BCUT2D eigenvalue weighted by molar-refractivity contribution is -0.118. The SMILES string of the molecule is CCS(=O)(=O)c1ccc(CC(=O)N2CC3CCCCN3c3ccccc32)cc1. The molecule has 1 saturated heterocycles. The van der Waals surface area contributed by atoms with E-state index >= 15 is 0 Å². The standard InChI is InChI=1S/C22H26N2O3S/c1-2-28(26,27)19-12-10-17(11-13-19)15-22(25)24-16-18-7-5-6-14-23(18)20-8-3-4-9-21(20)24/h3-4,8-13,18H,2,5-7,14-16H2,1H3. The van der Waals surface area contributed by atoms with E-state index < -0.39 is 9.84 Å². The largest absolute Gasteiger partial charge is 0.365 e. The van der Waals surface area contributed by atoms with Gasteiger partial charge in [-0.05, 0) is 49.1 Å². The van der Waals surface area contributed by atoms with Crippen molar-refractivity contribution >= 4 is 27.1 Å². The third-order valence-corrected chi connectivity index (χ3v) is 7.57. The van der Waals surface area contributed by atoms with Gasteiger partial charge in [0.1, 0.15) is 0 Å². The van der Waals surface area contributed by atoms with Gasteiger partial charge in [-0.2, -0.15) is 0 Å². The van der Waals surface area contributed by atoms with Crippen LogP contribution < -0.4 is 9.80 Å². The van der Waals surface area contributed by atoms with Gasteiger partial charge >= 0.3 is 0 Å². The summed E-state index contributed by atoms with van der Waals surface area (Å²) in [6.45, 7) is 3.41. The number of carbonyl (C=O) groups excluding carboxylic acids is 1. The summed E-state index contributed by atoms with van der Waals surface area (Å²) in [6, 6.07) is 15.2. The molecule has 148 valence electrons. The lowest BCUT2D eigenvalue weighted by Gasteiger charge is -2.46. The number of rotatable bonds is 4. The number of nitrogens with zero attached hydrogens (tertiary/aromatic N) is 2. The van der Waals surface area contributed by atoms with E-state index in [0.29, 0.717) is 10.9 Å². The summed E-state index contributed by atoms with van der Waals surface area (Å²) in [5.41, 5.74) is 2.97. The Bertz CT molecular complexity index is 970. The molecule has 1 fully saturated rings. The number of piperidine rings is 1. The molecule has 2 heterocycles. The minimum Gasteiger partial charge on any atom is -0.365 e. The van der Waals surface area contributed by atoms with Gasteiger partial charge in [0.05, 0.1) is 28.4 Å². The second kappa shape index (κ2) is 7.59. The first-order chi connectivity index (χ1) is 13.5. The summed E-state index contributed by atoms with van der Waals surface area (Å²) < 4.78 is 23.9. The maximum atomic E-state index is 13.1. The van der Waals surface area contributed by atoms with Crippen LogP contribution in [-0.2, 0) is 21.1 Å². The van der Waals surface area contributed by atoms with Gasteiger partial charge in [0.25, 0.3) is 0 Å². The van der Waals surface area contributed by atoms with Gasteiger partial charge < -0.3 is 9.80 Å². The Morgan fingerprint density at radius 3 is 2.46 bits per heavy atom. The minimum atomic E-state index is -3.22. The molecule has 0 radical (unpaired) electrons. The Balaban J connectivity index is 1.56. The van der Waals surface area contributed by atoms with Crippen molar-refractivity contribution in [3.8, 4) is 0 Å². The molecule has 1 amide bonds. The highest BCUT2D eigenvalue weighted by Gasteiger charge is 2.34. The maximum Gasteiger partial charge on any atom is 0.231 e. The van der Waals surface area contributed by atoms with Gasteiger partial charge in [-0.15, -0.1) is 0 Å². The van der Waals surface area contributed by atoms with Crippen LogP contribution in [0.25, 0.3) is 0 Å². The fraction of sp³-hybridized carbons (Fsp3) is 0.409. The summed E-state index contributed by atoms with van der Waals surface area (Å²) >= 11 is 0. The molecule has 2 aliphatic rings. The van der Waals surface area contributed by atoms with Crippen LogP contribution in [0.5, 0.6) is 0 Å². The second-order valence-corrected chi connectivity index (χ2v) is 9.84. The van der Waals surface area contributed by atoms with Crippen molar-refractivity contribution in [2.45, 2.75) is 43.5 Å². The average Bonchev–Trinajstić information content (AvgIpc) is 2.73. The number of amides is 1. The molecule has 0 spiro atoms. The molecule has 6 heteroatoms. The molecule has 0 saturated carbocycles. The van der Waals surface area contributed by atoms with Crippen LogP contribution in [0.2, 0.25) is 0 Å². The lowest BCUT2D eigenvalue weighted by atomic mass is 9.96. The number of benzene rings is 2. The zero-order valence-corrected chi connectivity index (χ0v) is 17.0. The molecule has 2 aromatic carbocycles. The quantitative estimate of drug-likeness (QED) is 0.792. The molecule has 4 rings (SSSR count). The van der Waals surface area contributed by atoms with Crippen molar-refractivity contribution in [1.82, 2.24) is 0 Å². The van der Waals surface area contributed by atoms with Gasteiger partial charge in [0, 0.05) is 19.1 Å². The Kier molecular flexibility index (Phi) is 5.15. The summed E-state index contributed by atoms with van der Waals surface area (Å²) in [5, 5.41) is 0. The molecular weight excluding hydrogens is 372 g/mol. The lowest BCUT2D eigenvalue weighted by Crippen LogP contribution is -2.53. The van der Waals surface area contributed by atoms with E-state index in [2.05, 4.69) is 11.0 Å². The molecule has 0 aromatic heterocycles. The predicted molar refractivity (Wildman–Crippen MR) is 112 cm³/mol. The molecule has 0 N–H and O–H groups in total. The van der Waals surface area contributed by atoms with E-state index in [-0.39, 0.29) is 18.1 Å². The van der Waals surface area contributed by atoms with Crippen molar-refractivity contribution < 1.29 is 13.2 Å². The van der Waals surface area contributed by atoms with Crippen LogP contribution in [0.4, 0.5) is 11.4 Å². The molecule has 28 heavy (non-hydrogen) atoms. The molecule has 1 atom stereocenters. The smallest absolute Gasteiger partial charge is 0.231 e. The third-order valence-electron chi connectivity index (χ3n) is 5.82. The highest BCUT2D eigenvalue weighted by atomic mass is 32.2. The number of anilines is 2. The van der Waals surface area contributed by atoms with Crippen LogP contribution in [0.1, 0.15) is 31.7 Å². The summed E-state index contributed by atoms with van der Waals surface area (Å²) in [4.78, 5) is 17.8. The molecule has 1 unspecified atom stereocenters. The third kappa shape index (κ3) is 3.53. The van der Waals surface area contributed by atoms with E-state index in [0.717, 1.165) is 36.4 Å². The monoisotopic (exact) mass is 398 g/mol. The van der Waals surface area contributed by atoms with Crippen molar-refractivity contribution in [1.29, 1.82) is 0 Å². The van der Waals surface area contributed by atoms with Crippen LogP contribution in [0, 0.1) is 0 Å². The zero-order chi connectivity index (χ0) is 19.7. The van der Waals surface area contributed by atoms with Gasteiger partial charge in [0.15, 0.2) is 9.84 Å². The van der Waals surface area contributed by atoms with Crippen LogP contribution >= 0.6 is 0 Å². The minimum absolute atomic E-state index is 0.0590. The predicted octanol–water partition coefficient (Wildman–Crippen LogP) is 3.43. The average molecular weight is 399 g/mol. The number of hydrogen-bond donors (Lipinski definition) is 0. The van der Waals surface area contributed by atoms with Crippen molar-refractivity contribution in [3.63, 3.8) is 0 Å². The van der Waals surface area contributed by atoms with Crippen LogP contribution in [0.15, 0.2) is 53.4 Å². The Morgan fingerprint density at radius 2 is 1.75 bits per heavy atom. The zero-order valence-electron chi connectivity index (χ0n) is 16.2. The number of sulfone groups is 1. The summed E-state index contributed by atoms with van der Waals surface area (Å²) in [7, 11) is -3.22. The van der Waals surface area contributed by atoms with Crippen molar-refractivity contribution in [3.05, 3.63) is 54.1 Å². The Labute approximate surface area is 166 Å². The van der Waals surface area contributed by atoms with Crippen LogP contribution in [0.3, 0.4) is 0 Å². The molecule has 2 aromatic rings. The highest BCUT2D eigenvalue weighted by Crippen LogP contribution is 2.38. The van der Waals surface area contributed by atoms with E-state index in [9.17, 15) is 13.2 Å². The topological polar surface area (TPSA) is 57.7 Å². The first-order valence-corrected chi connectivity index (χ1v) is 11.6. The number of hydrogen-bond acceptors (Lipinski definition) is 4. The number of fused-ring (bicyclic) bond motifs is 3. The van der Waals surface area contributed by atoms with Crippen molar-refractivity contribution in [2.24, 2.45) is 0 Å². The molecule has 0 aliphatic carbocycles. The second-order valence-electron chi connectivity index (χ2n) is 7.56. The first-order valence-electron chi connectivity index (χ1n) is 9.97. The first kappa shape index (κ1) is 19.0. The Morgan fingerprint density at radius 1 is 1.04 bits per heavy atom. The molecule has 5 nitrogen and oxygen atoms in total. The van der Waals surface area contributed by atoms with Crippen molar-refractivity contribution in [2.75, 3.05) is 28.6 Å². The van der Waals surface area contributed by atoms with Crippen LogP contribution in [-0.4, -0.2) is 39.2 Å². The fourth-order valence-corrected chi connectivity index (χ4v) is 5.12. The highest BCUT2D eigenvalue weighted by molar-refractivity contribution is 7.91. The maximum absolute atomic E-state index is 13.1. The molecule has 0 bridgehead atoms. The molecule has 2 aliphatic heterocycles.